The molecule has 1 aliphatic carbocycles. The molecular formula is C19H23N3O6. The van der Waals surface area contributed by atoms with E-state index in [0.29, 0.717) is 42.0 Å². The zero-order valence-corrected chi connectivity index (χ0v) is 15.5. The fraction of sp³-hybridized carbons (Fsp3) is 0.421. The number of carboxylic acid groups (broad SMARTS) is 1. The normalized spacial score (nSPS) is 19.3. The third-order valence-corrected chi connectivity index (χ3v) is 4.83. The third-order valence-electron chi connectivity index (χ3n) is 4.83. The second-order valence-electron chi connectivity index (χ2n) is 6.75. The molecule has 0 aliphatic heterocycles. The van der Waals surface area contributed by atoms with Crippen molar-refractivity contribution in [3.05, 3.63) is 29.5 Å². The minimum atomic E-state index is -0.984. The first-order valence-electron chi connectivity index (χ1n) is 8.98. The lowest BCUT2D eigenvalue weighted by molar-refractivity contribution is -0.145. The minimum Gasteiger partial charge on any atom is -0.480 e. The molecule has 1 heterocycles. The van der Waals surface area contributed by atoms with Crippen molar-refractivity contribution in [3.8, 4) is 5.95 Å². The summed E-state index contributed by atoms with van der Waals surface area (Å²) in [5.41, 5.74) is 6.04. The highest BCUT2D eigenvalue weighted by atomic mass is 16.6. The topological polar surface area (TPSA) is 148 Å². The largest absolute Gasteiger partial charge is 0.480 e. The summed E-state index contributed by atoms with van der Waals surface area (Å²) < 4.78 is 16.1. The maximum absolute atomic E-state index is 12.7. The number of furan rings is 1. The van der Waals surface area contributed by atoms with E-state index >= 15 is 0 Å². The van der Waals surface area contributed by atoms with E-state index in [1.54, 1.807) is 18.2 Å². The Morgan fingerprint density at radius 1 is 1.29 bits per heavy atom. The van der Waals surface area contributed by atoms with Crippen LogP contribution in [0.1, 0.15) is 41.8 Å². The summed E-state index contributed by atoms with van der Waals surface area (Å²) in [5.74, 6) is -1.08. The number of methoxy groups -OCH3 is 1. The highest BCUT2D eigenvalue weighted by Gasteiger charge is 2.26. The first-order chi connectivity index (χ1) is 13.4. The number of carbonyl (C=O) groups is 2. The number of aliphatic carboxylic acids is 1. The van der Waals surface area contributed by atoms with Gasteiger partial charge in [-0.2, -0.15) is 0 Å². The zero-order chi connectivity index (χ0) is 20.3. The van der Waals surface area contributed by atoms with E-state index in [-0.39, 0.29) is 42.2 Å². The maximum Gasteiger partial charge on any atom is 0.329 e. The Hall–Kier alpha value is -3.07. The lowest BCUT2D eigenvalue weighted by atomic mass is 9.93. The molecule has 2 aromatic rings. The molecule has 28 heavy (non-hydrogen) atoms. The van der Waals surface area contributed by atoms with Gasteiger partial charge in [0.2, 0.25) is 5.76 Å². The van der Waals surface area contributed by atoms with Crippen LogP contribution < -0.4 is 15.8 Å². The van der Waals surface area contributed by atoms with Gasteiger partial charge in [-0.1, -0.05) is 6.07 Å². The van der Waals surface area contributed by atoms with E-state index in [1.807, 2.05) is 0 Å². The highest BCUT2D eigenvalue weighted by Crippen LogP contribution is 2.33. The number of carbonyl (C=O) groups excluding carboxylic acids is 1. The predicted molar refractivity (Wildman–Crippen MR) is 101 cm³/mol. The number of amides is 1. The van der Waals surface area contributed by atoms with Crippen LogP contribution in [0, 0.1) is 5.41 Å². The summed E-state index contributed by atoms with van der Waals surface area (Å²) >= 11 is 0. The number of amidine groups is 1. The van der Waals surface area contributed by atoms with Gasteiger partial charge < -0.3 is 30.0 Å². The highest BCUT2D eigenvalue weighted by molar-refractivity contribution is 6.08. The Kier molecular flexibility index (Phi) is 5.84. The predicted octanol–water partition coefficient (Wildman–Crippen LogP) is 1.87. The average molecular weight is 389 g/mol. The van der Waals surface area contributed by atoms with Crippen molar-refractivity contribution in [2.75, 3.05) is 13.7 Å². The number of ether oxygens (including phenoxy) is 2. The van der Waals surface area contributed by atoms with Crippen LogP contribution in [-0.4, -0.2) is 48.7 Å². The Morgan fingerprint density at radius 3 is 2.61 bits per heavy atom. The van der Waals surface area contributed by atoms with E-state index in [2.05, 4.69) is 5.32 Å². The maximum atomic E-state index is 12.7. The van der Waals surface area contributed by atoms with E-state index in [9.17, 15) is 9.59 Å². The van der Waals surface area contributed by atoms with E-state index in [4.69, 9.17) is 30.1 Å². The number of rotatable bonds is 7. The number of hydrogen-bond donors (Lipinski definition) is 4. The summed E-state index contributed by atoms with van der Waals surface area (Å²) in [7, 11) is 1.44. The molecule has 0 saturated heterocycles. The lowest BCUT2D eigenvalue weighted by Gasteiger charge is -2.28. The van der Waals surface area contributed by atoms with Gasteiger partial charge in [0, 0.05) is 17.0 Å². The monoisotopic (exact) mass is 389 g/mol. The van der Waals surface area contributed by atoms with Crippen LogP contribution in [0.2, 0.25) is 0 Å². The first kappa shape index (κ1) is 19.7. The van der Waals surface area contributed by atoms with Crippen molar-refractivity contribution < 1.29 is 28.6 Å². The summed E-state index contributed by atoms with van der Waals surface area (Å²) in [4.78, 5) is 23.3. The molecule has 5 N–H and O–H groups in total. The smallest absolute Gasteiger partial charge is 0.329 e. The second-order valence-corrected chi connectivity index (χ2v) is 6.75. The molecule has 9 heteroatoms. The molecule has 3 rings (SSSR count). The Bertz CT molecular complexity index is 898. The summed E-state index contributed by atoms with van der Waals surface area (Å²) in [6.45, 7) is -0.303. The van der Waals surface area contributed by atoms with Gasteiger partial charge in [0.25, 0.3) is 11.9 Å². The van der Waals surface area contributed by atoms with Gasteiger partial charge in [-0.3, -0.25) is 10.2 Å². The molecule has 1 amide bonds. The van der Waals surface area contributed by atoms with Crippen LogP contribution >= 0.6 is 0 Å². The molecule has 1 aromatic carbocycles. The average Bonchev–Trinajstić information content (AvgIpc) is 3.05. The van der Waals surface area contributed by atoms with Crippen LogP contribution in [0.25, 0.3) is 10.8 Å². The van der Waals surface area contributed by atoms with Gasteiger partial charge in [0.1, 0.15) is 12.4 Å². The van der Waals surface area contributed by atoms with Gasteiger partial charge in [-0.15, -0.1) is 0 Å². The molecule has 150 valence electrons. The van der Waals surface area contributed by atoms with E-state index < -0.39 is 5.97 Å². The molecule has 0 bridgehead atoms. The summed E-state index contributed by atoms with van der Waals surface area (Å²) in [6, 6.07) is 4.95. The fourth-order valence-corrected chi connectivity index (χ4v) is 3.42. The number of hydrogen-bond acceptors (Lipinski definition) is 6. The second kappa shape index (κ2) is 8.30. The molecule has 1 fully saturated rings. The fourth-order valence-electron chi connectivity index (χ4n) is 3.42. The van der Waals surface area contributed by atoms with Crippen LogP contribution in [-0.2, 0) is 9.53 Å². The van der Waals surface area contributed by atoms with Gasteiger partial charge in [0.15, 0.2) is 0 Å². The molecule has 0 radical (unpaired) electrons. The minimum absolute atomic E-state index is 0.0418. The number of fused-ring (bicyclic) bond motifs is 1. The van der Waals surface area contributed by atoms with Crippen LogP contribution in [0.15, 0.2) is 22.6 Å². The van der Waals surface area contributed by atoms with Crippen molar-refractivity contribution in [2.24, 2.45) is 5.73 Å². The number of nitrogens with one attached hydrogen (secondary N) is 2. The van der Waals surface area contributed by atoms with Crippen molar-refractivity contribution >= 4 is 28.5 Å². The molecule has 1 aromatic heterocycles. The molecular weight excluding hydrogens is 366 g/mol. The Morgan fingerprint density at radius 2 is 2.00 bits per heavy atom. The zero-order valence-electron chi connectivity index (χ0n) is 15.5. The van der Waals surface area contributed by atoms with E-state index in [1.165, 1.54) is 7.11 Å². The Balaban J connectivity index is 1.69. The van der Waals surface area contributed by atoms with Crippen LogP contribution in [0.4, 0.5) is 0 Å². The lowest BCUT2D eigenvalue weighted by Crippen LogP contribution is -2.39. The van der Waals surface area contributed by atoms with E-state index in [0.717, 1.165) is 0 Å². The molecule has 0 spiro atoms. The quantitative estimate of drug-likeness (QED) is 0.417. The number of carboxylic acids is 1. The third kappa shape index (κ3) is 4.25. The SMILES string of the molecule is COc1oc(C(=O)NC2CCC(OCC(=O)O)CC2)c2ccc(C(=N)N)cc12. The summed E-state index contributed by atoms with van der Waals surface area (Å²) in [6.07, 6.45) is 2.66. The molecule has 1 saturated carbocycles. The van der Waals surface area contributed by atoms with Gasteiger partial charge in [-0.25, -0.2) is 4.79 Å². The van der Waals surface area contributed by atoms with Crippen molar-refractivity contribution in [1.82, 2.24) is 5.32 Å². The van der Waals surface area contributed by atoms with Crippen LogP contribution in [0.5, 0.6) is 5.95 Å². The number of nitrogens with two attached hydrogens (primary N) is 1. The molecule has 0 unspecified atom stereocenters. The standard InChI is InChI=1S/C19H23N3O6/c1-26-19-14-8-10(17(20)21)2-7-13(14)16(28-19)18(25)22-11-3-5-12(6-4-11)27-9-15(23)24/h2,7-8,11-12H,3-6,9H2,1H3,(H3,20,21)(H,22,25)(H,23,24). The molecule has 0 atom stereocenters. The summed E-state index contributed by atoms with van der Waals surface area (Å²) in [5, 5.41) is 20.3. The number of nitrogen functional groups attached to an aromatic ring is 1. The van der Waals surface area contributed by atoms with Gasteiger partial charge in [0.05, 0.1) is 18.6 Å². The van der Waals surface area contributed by atoms with Crippen molar-refractivity contribution in [2.45, 2.75) is 37.8 Å². The van der Waals surface area contributed by atoms with Crippen LogP contribution in [0.3, 0.4) is 0 Å². The van der Waals surface area contributed by atoms with Crippen molar-refractivity contribution in [1.29, 1.82) is 5.41 Å². The molecule has 1 aliphatic rings. The van der Waals surface area contributed by atoms with Gasteiger partial charge in [-0.05, 0) is 37.8 Å². The first-order valence-corrected chi connectivity index (χ1v) is 8.98. The number of benzene rings is 1. The molecule has 9 nitrogen and oxygen atoms in total. The Labute approximate surface area is 161 Å². The van der Waals surface area contributed by atoms with Gasteiger partial charge >= 0.3 is 5.97 Å². The van der Waals surface area contributed by atoms with Crippen molar-refractivity contribution in [3.63, 3.8) is 0 Å².